The van der Waals surface area contributed by atoms with Crippen LogP contribution in [0, 0.1) is 0 Å². The predicted molar refractivity (Wildman–Crippen MR) is 54.4 cm³/mol. The van der Waals surface area contributed by atoms with Gasteiger partial charge in [-0.3, -0.25) is 4.99 Å². The van der Waals surface area contributed by atoms with Gasteiger partial charge in [-0.25, -0.2) is 14.8 Å². The second-order valence-corrected chi connectivity index (χ2v) is 3.79. The number of carbonyl (C=O) groups is 1. The SMILES string of the molecule is NC(=O)N1CN=CN1[C@@H]1O[C@H](CO)[C@@H](O)[C@H]1O. The van der Waals surface area contributed by atoms with Crippen LogP contribution < -0.4 is 5.73 Å². The highest BCUT2D eigenvalue weighted by atomic mass is 16.6. The Morgan fingerprint density at radius 1 is 1.53 bits per heavy atom. The van der Waals surface area contributed by atoms with E-state index in [1.807, 2.05) is 0 Å². The zero-order valence-electron chi connectivity index (χ0n) is 8.88. The molecular formula is C8H14N4O5. The van der Waals surface area contributed by atoms with Gasteiger partial charge in [-0.15, -0.1) is 0 Å². The molecule has 1 saturated heterocycles. The van der Waals surface area contributed by atoms with Crippen molar-refractivity contribution in [3.63, 3.8) is 0 Å². The van der Waals surface area contributed by atoms with Crippen LogP contribution in [0.2, 0.25) is 0 Å². The number of ether oxygens (including phenoxy) is 1. The van der Waals surface area contributed by atoms with Gasteiger partial charge < -0.3 is 25.8 Å². The monoisotopic (exact) mass is 246 g/mol. The Bertz CT molecular complexity index is 338. The summed E-state index contributed by atoms with van der Waals surface area (Å²) < 4.78 is 5.23. The van der Waals surface area contributed by atoms with E-state index in [-0.39, 0.29) is 6.67 Å². The van der Waals surface area contributed by atoms with E-state index >= 15 is 0 Å². The van der Waals surface area contributed by atoms with Crippen LogP contribution in [-0.2, 0) is 4.74 Å². The first kappa shape index (κ1) is 12.0. The molecule has 2 aliphatic heterocycles. The maximum absolute atomic E-state index is 11.1. The normalized spacial score (nSPS) is 36.9. The average Bonchev–Trinajstić information content (AvgIpc) is 2.86. The molecule has 2 rings (SSSR count). The Labute approximate surface area is 96.7 Å². The Balaban J connectivity index is 2.12. The second-order valence-electron chi connectivity index (χ2n) is 3.79. The van der Waals surface area contributed by atoms with E-state index in [4.69, 9.17) is 15.6 Å². The number of amides is 2. The molecule has 9 nitrogen and oxygen atoms in total. The van der Waals surface area contributed by atoms with Gasteiger partial charge in [0.15, 0.2) is 6.23 Å². The van der Waals surface area contributed by atoms with Gasteiger partial charge in [0, 0.05) is 0 Å². The topological polar surface area (TPSA) is 132 Å². The van der Waals surface area contributed by atoms with Crippen molar-refractivity contribution in [2.75, 3.05) is 13.3 Å². The average molecular weight is 246 g/mol. The molecule has 0 bridgehead atoms. The zero-order valence-corrected chi connectivity index (χ0v) is 8.88. The molecule has 2 aliphatic rings. The number of hydrogen-bond acceptors (Lipinski definition) is 7. The molecule has 0 aromatic heterocycles. The van der Waals surface area contributed by atoms with Crippen molar-refractivity contribution in [1.29, 1.82) is 0 Å². The Morgan fingerprint density at radius 2 is 2.24 bits per heavy atom. The van der Waals surface area contributed by atoms with Crippen LogP contribution in [0.5, 0.6) is 0 Å². The standard InChI is InChI=1S/C8H14N4O5/c9-8(16)12-3-10-2-11(12)7-6(15)5(14)4(1-13)17-7/h2,4-7,13-15H,1,3H2,(H2,9,16)/t4-,5-,6-,7-/m1/s1. The molecule has 0 aromatic carbocycles. The van der Waals surface area contributed by atoms with Crippen LogP contribution >= 0.6 is 0 Å². The number of rotatable bonds is 2. The fourth-order valence-corrected chi connectivity index (χ4v) is 1.82. The maximum atomic E-state index is 11.1. The summed E-state index contributed by atoms with van der Waals surface area (Å²) in [5.74, 6) is 0. The summed E-state index contributed by atoms with van der Waals surface area (Å²) >= 11 is 0. The fraction of sp³-hybridized carbons (Fsp3) is 0.750. The van der Waals surface area contributed by atoms with Crippen LogP contribution in [0.4, 0.5) is 4.79 Å². The smallest absolute Gasteiger partial charge is 0.335 e. The van der Waals surface area contributed by atoms with Crippen molar-refractivity contribution < 1.29 is 24.9 Å². The van der Waals surface area contributed by atoms with Crippen LogP contribution in [0.1, 0.15) is 0 Å². The minimum Gasteiger partial charge on any atom is -0.394 e. The number of hydrogen-bond donors (Lipinski definition) is 4. The van der Waals surface area contributed by atoms with E-state index in [2.05, 4.69) is 4.99 Å². The van der Waals surface area contributed by atoms with E-state index in [1.54, 1.807) is 0 Å². The number of aliphatic hydroxyl groups is 3. The third-order valence-corrected chi connectivity index (χ3v) is 2.73. The molecule has 2 heterocycles. The van der Waals surface area contributed by atoms with Gasteiger partial charge in [0.2, 0.25) is 0 Å². The van der Waals surface area contributed by atoms with Gasteiger partial charge in [0.05, 0.1) is 6.61 Å². The van der Waals surface area contributed by atoms with E-state index in [0.717, 1.165) is 5.01 Å². The lowest BCUT2D eigenvalue weighted by Crippen LogP contribution is -2.53. The lowest BCUT2D eigenvalue weighted by Gasteiger charge is -2.31. The highest BCUT2D eigenvalue weighted by molar-refractivity contribution is 5.75. The molecule has 0 spiro atoms. The van der Waals surface area contributed by atoms with Gasteiger partial charge in [0.25, 0.3) is 0 Å². The molecule has 0 radical (unpaired) electrons. The van der Waals surface area contributed by atoms with Crippen molar-refractivity contribution >= 4 is 12.4 Å². The number of aliphatic imine (C=N–C) groups is 1. The molecule has 9 heteroatoms. The molecule has 0 saturated carbocycles. The molecule has 17 heavy (non-hydrogen) atoms. The van der Waals surface area contributed by atoms with Crippen LogP contribution in [0.3, 0.4) is 0 Å². The van der Waals surface area contributed by atoms with E-state index in [9.17, 15) is 15.0 Å². The van der Waals surface area contributed by atoms with Gasteiger partial charge >= 0.3 is 6.03 Å². The number of carbonyl (C=O) groups excluding carboxylic acids is 1. The first-order valence-corrected chi connectivity index (χ1v) is 5.04. The van der Waals surface area contributed by atoms with Crippen LogP contribution in [-0.4, -0.2) is 75.5 Å². The van der Waals surface area contributed by atoms with Gasteiger partial charge in [-0.05, 0) is 0 Å². The Morgan fingerprint density at radius 3 is 2.76 bits per heavy atom. The minimum atomic E-state index is -1.27. The fourth-order valence-electron chi connectivity index (χ4n) is 1.82. The van der Waals surface area contributed by atoms with Gasteiger partial charge in [-0.1, -0.05) is 0 Å². The molecule has 0 aliphatic carbocycles. The zero-order chi connectivity index (χ0) is 12.6. The Kier molecular flexibility index (Phi) is 3.15. The summed E-state index contributed by atoms with van der Waals surface area (Å²) in [6.45, 7) is -0.405. The predicted octanol–water partition coefficient (Wildman–Crippen LogP) is -2.98. The lowest BCUT2D eigenvalue weighted by atomic mass is 10.1. The van der Waals surface area contributed by atoms with E-state index in [1.165, 1.54) is 11.3 Å². The summed E-state index contributed by atoms with van der Waals surface area (Å²) in [5.41, 5.74) is 5.12. The second kappa shape index (κ2) is 4.45. The third-order valence-electron chi connectivity index (χ3n) is 2.73. The van der Waals surface area contributed by atoms with E-state index in [0.29, 0.717) is 0 Å². The van der Waals surface area contributed by atoms with Crippen molar-refractivity contribution in [3.05, 3.63) is 0 Å². The summed E-state index contributed by atoms with van der Waals surface area (Å²) in [7, 11) is 0. The molecular weight excluding hydrogens is 232 g/mol. The summed E-state index contributed by atoms with van der Waals surface area (Å²) in [6, 6.07) is -0.750. The molecule has 4 atom stereocenters. The van der Waals surface area contributed by atoms with Gasteiger partial charge in [-0.2, -0.15) is 0 Å². The number of aliphatic hydroxyl groups excluding tert-OH is 3. The first-order valence-electron chi connectivity index (χ1n) is 5.04. The minimum absolute atomic E-state index is 0.0296. The molecule has 5 N–H and O–H groups in total. The van der Waals surface area contributed by atoms with Crippen molar-refractivity contribution in [1.82, 2.24) is 10.0 Å². The Hall–Kier alpha value is -1.42. The largest absolute Gasteiger partial charge is 0.394 e. The van der Waals surface area contributed by atoms with Crippen molar-refractivity contribution in [2.45, 2.75) is 24.5 Å². The molecule has 2 amide bonds. The molecule has 0 unspecified atom stereocenters. The summed E-state index contributed by atoms with van der Waals surface area (Å²) in [5, 5.41) is 30.5. The van der Waals surface area contributed by atoms with Gasteiger partial charge in [0.1, 0.15) is 31.3 Å². The highest BCUT2D eigenvalue weighted by Gasteiger charge is 2.47. The quantitative estimate of drug-likeness (QED) is 0.411. The number of nitrogens with two attached hydrogens (primary N) is 1. The highest BCUT2D eigenvalue weighted by Crippen LogP contribution is 2.25. The molecule has 1 fully saturated rings. The number of nitrogens with zero attached hydrogens (tertiary/aromatic N) is 3. The van der Waals surface area contributed by atoms with Crippen LogP contribution in [0.25, 0.3) is 0 Å². The molecule has 96 valence electrons. The lowest BCUT2D eigenvalue weighted by molar-refractivity contribution is -0.118. The van der Waals surface area contributed by atoms with Crippen molar-refractivity contribution in [3.8, 4) is 0 Å². The van der Waals surface area contributed by atoms with E-state index < -0.39 is 37.2 Å². The number of urea groups is 1. The first-order chi connectivity index (χ1) is 8.06. The maximum Gasteiger partial charge on any atom is 0.335 e. The molecule has 0 aromatic rings. The van der Waals surface area contributed by atoms with Crippen LogP contribution in [0.15, 0.2) is 4.99 Å². The number of primary amides is 1. The summed E-state index contributed by atoms with van der Waals surface area (Å²) in [4.78, 5) is 14.9. The third kappa shape index (κ3) is 1.93. The number of hydrazine groups is 1. The summed E-state index contributed by atoms with van der Waals surface area (Å²) in [6.07, 6.45) is -3.11. The van der Waals surface area contributed by atoms with Crippen molar-refractivity contribution in [2.24, 2.45) is 10.7 Å².